The molecule has 1 fully saturated rings. The lowest BCUT2D eigenvalue weighted by molar-refractivity contribution is 0.275. The number of terminal acetylenes is 1. The largest absolute Gasteiger partial charge is 0.496 e. The van der Waals surface area contributed by atoms with Gasteiger partial charge in [0, 0.05) is 16.0 Å². The second-order valence-corrected chi connectivity index (χ2v) is 10.3. The molecule has 2 aromatic carbocycles. The first-order valence-corrected chi connectivity index (χ1v) is 12.5. The zero-order valence-electron chi connectivity index (χ0n) is 19.6. The quantitative estimate of drug-likeness (QED) is 0.333. The lowest BCUT2D eigenvalue weighted by Crippen LogP contribution is -2.29. The molecule has 0 unspecified atom stereocenters. The Labute approximate surface area is 209 Å². The molecule has 1 N–H and O–H groups in total. The van der Waals surface area contributed by atoms with E-state index in [-0.39, 0.29) is 18.2 Å². The van der Waals surface area contributed by atoms with Gasteiger partial charge in [0.1, 0.15) is 11.6 Å². The van der Waals surface area contributed by atoms with Crippen molar-refractivity contribution in [1.29, 1.82) is 0 Å². The average Bonchev–Trinajstić information content (AvgIpc) is 3.56. The third-order valence-corrected chi connectivity index (χ3v) is 7.61. The van der Waals surface area contributed by atoms with Crippen LogP contribution in [0, 0.1) is 37.9 Å². The van der Waals surface area contributed by atoms with E-state index in [0.29, 0.717) is 17.5 Å². The molecule has 1 aliphatic carbocycles. The van der Waals surface area contributed by atoms with Gasteiger partial charge in [-0.15, -0.1) is 17.8 Å². The molecule has 0 bridgehead atoms. The fourth-order valence-electron chi connectivity index (χ4n) is 4.24. The zero-order valence-corrected chi connectivity index (χ0v) is 21.1. The molecule has 0 saturated heterocycles. The molecule has 0 radical (unpaired) electrons. The number of anilines is 1. The normalized spacial score (nSPS) is 14.0. The number of rotatable bonds is 9. The van der Waals surface area contributed by atoms with E-state index in [1.807, 2.05) is 32.0 Å². The van der Waals surface area contributed by atoms with Gasteiger partial charge >= 0.3 is 0 Å². The Kier molecular flexibility index (Phi) is 7.47. The first kappa shape index (κ1) is 24.5. The first-order chi connectivity index (χ1) is 16.4. The van der Waals surface area contributed by atoms with Crippen LogP contribution in [0.4, 0.5) is 9.52 Å². The van der Waals surface area contributed by atoms with E-state index < -0.39 is 5.82 Å². The van der Waals surface area contributed by atoms with Crippen LogP contribution in [-0.2, 0) is 6.61 Å². The second-order valence-electron chi connectivity index (χ2n) is 8.74. The molecular weight excluding hydrogens is 471 g/mol. The van der Waals surface area contributed by atoms with Gasteiger partial charge in [-0.3, -0.25) is 0 Å². The Morgan fingerprint density at radius 2 is 2.09 bits per heavy atom. The second kappa shape index (κ2) is 10.4. The molecule has 178 valence electrons. The number of benzene rings is 2. The molecule has 1 aromatic heterocycles. The van der Waals surface area contributed by atoms with Crippen LogP contribution in [-0.4, -0.2) is 23.7 Å². The standard InChI is InChI=1S/C27H28ClFN2O2S/c1-5-10-31(24(12-18-6-7-18)19-8-9-20(15-32)23(29)13-19)27-30-26(17(3)34-27)21-11-16(2)25(33-4)14-22(21)28/h1,8-9,11,13-14,18,24,32H,6-7,10,12,15H2,2-4H3/t24-/m0/s1. The molecule has 4 rings (SSSR count). The van der Waals surface area contributed by atoms with Crippen LogP contribution in [0.5, 0.6) is 5.75 Å². The fourth-order valence-corrected chi connectivity index (χ4v) is 5.46. The van der Waals surface area contributed by atoms with E-state index in [2.05, 4.69) is 10.8 Å². The van der Waals surface area contributed by atoms with Crippen molar-refractivity contribution < 1.29 is 14.2 Å². The van der Waals surface area contributed by atoms with Gasteiger partial charge in [0.05, 0.1) is 37.0 Å². The smallest absolute Gasteiger partial charge is 0.187 e. The van der Waals surface area contributed by atoms with Gasteiger partial charge in [-0.2, -0.15) is 0 Å². The molecule has 0 spiro atoms. The number of aryl methyl sites for hydroxylation is 2. The summed E-state index contributed by atoms with van der Waals surface area (Å²) in [6.07, 6.45) is 8.98. The number of methoxy groups -OCH3 is 1. The molecular formula is C27H28ClFN2O2S. The predicted molar refractivity (Wildman–Crippen MR) is 137 cm³/mol. The highest BCUT2D eigenvalue weighted by Gasteiger charge is 2.32. The summed E-state index contributed by atoms with van der Waals surface area (Å²) in [5.74, 6) is 3.68. The molecule has 1 heterocycles. The zero-order chi connectivity index (χ0) is 24.4. The third-order valence-electron chi connectivity index (χ3n) is 6.29. The van der Waals surface area contributed by atoms with Crippen molar-refractivity contribution in [3.05, 3.63) is 62.7 Å². The summed E-state index contributed by atoms with van der Waals surface area (Å²) in [7, 11) is 1.62. The topological polar surface area (TPSA) is 45.6 Å². The highest BCUT2D eigenvalue weighted by atomic mass is 35.5. The third kappa shape index (κ3) is 5.07. The van der Waals surface area contributed by atoms with Crippen molar-refractivity contribution in [1.82, 2.24) is 4.98 Å². The van der Waals surface area contributed by atoms with Crippen molar-refractivity contribution in [3.63, 3.8) is 0 Å². The molecule has 1 aliphatic rings. The average molecular weight is 499 g/mol. The van der Waals surface area contributed by atoms with Crippen LogP contribution in [0.15, 0.2) is 30.3 Å². The number of hydrogen-bond donors (Lipinski definition) is 1. The van der Waals surface area contributed by atoms with E-state index >= 15 is 0 Å². The van der Waals surface area contributed by atoms with Crippen LogP contribution >= 0.6 is 22.9 Å². The Morgan fingerprint density at radius 3 is 2.71 bits per heavy atom. The lowest BCUT2D eigenvalue weighted by atomic mass is 9.98. The van der Waals surface area contributed by atoms with Gasteiger partial charge in [-0.1, -0.05) is 42.5 Å². The maximum Gasteiger partial charge on any atom is 0.187 e. The predicted octanol–water partition coefficient (Wildman–Crippen LogP) is 6.70. The van der Waals surface area contributed by atoms with E-state index in [1.165, 1.54) is 18.9 Å². The number of thiazole rings is 1. The van der Waals surface area contributed by atoms with Crippen molar-refractivity contribution in [2.45, 2.75) is 45.8 Å². The van der Waals surface area contributed by atoms with Crippen LogP contribution < -0.4 is 9.64 Å². The van der Waals surface area contributed by atoms with Gasteiger partial charge in [0.2, 0.25) is 0 Å². The number of aliphatic hydroxyl groups excluding tert-OH is 1. The van der Waals surface area contributed by atoms with Crippen LogP contribution in [0.25, 0.3) is 11.3 Å². The Bertz CT molecular complexity index is 1230. The monoisotopic (exact) mass is 498 g/mol. The summed E-state index contributed by atoms with van der Waals surface area (Å²) >= 11 is 8.15. The summed E-state index contributed by atoms with van der Waals surface area (Å²) in [5, 5.41) is 10.7. The molecule has 0 aliphatic heterocycles. The summed E-state index contributed by atoms with van der Waals surface area (Å²) in [4.78, 5) is 8.09. The molecule has 0 amide bonds. The maximum absolute atomic E-state index is 14.6. The number of nitrogens with zero attached hydrogens (tertiary/aromatic N) is 2. The van der Waals surface area contributed by atoms with Gasteiger partial charge < -0.3 is 14.7 Å². The highest BCUT2D eigenvalue weighted by molar-refractivity contribution is 7.16. The molecule has 1 atom stereocenters. The lowest BCUT2D eigenvalue weighted by Gasteiger charge is -2.31. The minimum atomic E-state index is -0.405. The van der Waals surface area contributed by atoms with Crippen molar-refractivity contribution in [3.8, 4) is 29.4 Å². The molecule has 4 nitrogen and oxygen atoms in total. The first-order valence-electron chi connectivity index (χ1n) is 11.3. The summed E-state index contributed by atoms with van der Waals surface area (Å²) < 4.78 is 20.0. The van der Waals surface area contributed by atoms with Crippen molar-refractivity contribution in [2.75, 3.05) is 18.6 Å². The molecule has 3 aromatic rings. The minimum absolute atomic E-state index is 0.114. The molecule has 34 heavy (non-hydrogen) atoms. The number of hydrogen-bond acceptors (Lipinski definition) is 5. The Balaban J connectivity index is 1.76. The minimum Gasteiger partial charge on any atom is -0.496 e. The van der Waals surface area contributed by atoms with E-state index in [4.69, 9.17) is 27.7 Å². The summed E-state index contributed by atoms with van der Waals surface area (Å²) in [6, 6.07) is 8.74. The highest BCUT2D eigenvalue weighted by Crippen LogP contribution is 2.44. The summed E-state index contributed by atoms with van der Waals surface area (Å²) in [5.41, 5.74) is 3.75. The van der Waals surface area contributed by atoms with E-state index in [1.54, 1.807) is 24.5 Å². The van der Waals surface area contributed by atoms with E-state index in [0.717, 1.165) is 44.6 Å². The Morgan fingerprint density at radius 1 is 1.32 bits per heavy atom. The van der Waals surface area contributed by atoms with Gasteiger partial charge in [-0.25, -0.2) is 9.37 Å². The number of ether oxygens (including phenoxy) is 1. The fraction of sp³-hybridized carbons (Fsp3) is 0.370. The Hall–Kier alpha value is -2.59. The maximum atomic E-state index is 14.6. The van der Waals surface area contributed by atoms with Crippen molar-refractivity contribution in [2.24, 2.45) is 5.92 Å². The van der Waals surface area contributed by atoms with Gasteiger partial charge in [0.25, 0.3) is 0 Å². The van der Waals surface area contributed by atoms with Gasteiger partial charge in [0.15, 0.2) is 5.13 Å². The number of aromatic nitrogens is 1. The van der Waals surface area contributed by atoms with E-state index in [9.17, 15) is 9.50 Å². The molecule has 7 heteroatoms. The SMILES string of the molecule is C#CCN(c1nc(-c2cc(C)c(OC)cc2Cl)c(C)s1)[C@@H](CC1CC1)c1ccc(CO)c(F)c1. The number of aliphatic hydroxyl groups is 1. The summed E-state index contributed by atoms with van der Waals surface area (Å²) in [6.45, 7) is 4.02. The van der Waals surface area contributed by atoms with Crippen molar-refractivity contribution >= 4 is 28.1 Å². The van der Waals surface area contributed by atoms with Gasteiger partial charge in [-0.05, 0) is 55.5 Å². The van der Waals surface area contributed by atoms with Crippen LogP contribution in [0.3, 0.4) is 0 Å². The number of halogens is 2. The van der Waals surface area contributed by atoms with Crippen LogP contribution in [0.1, 0.15) is 46.9 Å². The molecule has 1 saturated carbocycles. The van der Waals surface area contributed by atoms with Crippen LogP contribution in [0.2, 0.25) is 5.02 Å².